The molecule has 35 heavy (non-hydrogen) atoms. The molecule has 184 valence electrons. The number of furan rings is 1. The zero-order valence-corrected chi connectivity index (χ0v) is 19.8. The van der Waals surface area contributed by atoms with Crippen LogP contribution in [0.4, 0.5) is 0 Å². The average molecular weight is 481 g/mol. The minimum atomic E-state index is -0.173. The lowest BCUT2D eigenvalue weighted by molar-refractivity contribution is 0.0913. The van der Waals surface area contributed by atoms with E-state index in [0.717, 1.165) is 30.6 Å². The maximum absolute atomic E-state index is 13.0. The fraction of sp³-hybridized carbons (Fsp3) is 0.417. The molecule has 1 fully saturated rings. The Balaban J connectivity index is 1.42. The summed E-state index contributed by atoms with van der Waals surface area (Å²) in [7, 11) is 3.15. The minimum absolute atomic E-state index is 0.117. The van der Waals surface area contributed by atoms with E-state index in [4.69, 9.17) is 18.6 Å². The number of tetrazole rings is 1. The number of hydrogen-bond acceptors (Lipinski definition) is 9. The predicted octanol–water partition coefficient (Wildman–Crippen LogP) is 2.51. The quantitative estimate of drug-likeness (QED) is 0.365. The molecular weight excluding hydrogens is 452 g/mol. The molecule has 0 unspecified atom stereocenters. The van der Waals surface area contributed by atoms with Crippen molar-refractivity contribution >= 4 is 10.9 Å². The van der Waals surface area contributed by atoms with Crippen molar-refractivity contribution in [3.05, 3.63) is 64.1 Å². The topological polar surface area (TPSA) is 121 Å². The van der Waals surface area contributed by atoms with Gasteiger partial charge in [0.25, 0.3) is 5.56 Å². The fourth-order valence-corrected chi connectivity index (χ4v) is 4.39. The number of fused-ring (bicyclic) bond motifs is 1. The van der Waals surface area contributed by atoms with Crippen molar-refractivity contribution in [2.24, 2.45) is 0 Å². The van der Waals surface area contributed by atoms with Crippen LogP contribution in [0.3, 0.4) is 0 Å². The number of H-pyrrole nitrogens is 1. The number of benzene rings is 1. The number of nitrogens with one attached hydrogen (secondary N) is 1. The molecule has 0 spiro atoms. The van der Waals surface area contributed by atoms with Gasteiger partial charge in [0.2, 0.25) is 0 Å². The van der Waals surface area contributed by atoms with E-state index in [-0.39, 0.29) is 11.7 Å². The molecule has 0 radical (unpaired) electrons. The number of nitrogens with zero attached hydrogens (tertiary/aromatic N) is 5. The highest BCUT2D eigenvalue weighted by atomic mass is 16.5. The van der Waals surface area contributed by atoms with Crippen LogP contribution in [-0.2, 0) is 30.9 Å². The van der Waals surface area contributed by atoms with Gasteiger partial charge in [-0.1, -0.05) is 0 Å². The lowest BCUT2D eigenvalue weighted by atomic mass is 10.1. The SMILES string of the molecule is COc1cc2cc(CN(Cc3ccco3)Cc3nnnn3C[C@H]3CCCO3)c(=O)[nH]c2cc1OC. The second-order valence-electron chi connectivity index (χ2n) is 8.55. The third kappa shape index (κ3) is 5.20. The number of pyridine rings is 1. The van der Waals surface area contributed by atoms with Crippen molar-refractivity contribution in [2.75, 3.05) is 20.8 Å². The molecule has 0 bridgehead atoms. The van der Waals surface area contributed by atoms with Gasteiger partial charge in [-0.25, -0.2) is 4.68 Å². The highest BCUT2D eigenvalue weighted by Crippen LogP contribution is 2.31. The van der Waals surface area contributed by atoms with Crippen molar-refractivity contribution in [3.63, 3.8) is 0 Å². The Hall–Kier alpha value is -3.70. The van der Waals surface area contributed by atoms with E-state index in [9.17, 15) is 4.79 Å². The molecule has 0 amide bonds. The van der Waals surface area contributed by atoms with Gasteiger partial charge < -0.3 is 23.6 Å². The summed E-state index contributed by atoms with van der Waals surface area (Å²) >= 11 is 0. The molecule has 1 N–H and O–H groups in total. The zero-order valence-electron chi connectivity index (χ0n) is 19.8. The molecule has 1 saturated heterocycles. The van der Waals surface area contributed by atoms with E-state index in [1.807, 2.05) is 24.3 Å². The van der Waals surface area contributed by atoms with Gasteiger partial charge in [-0.05, 0) is 47.5 Å². The minimum Gasteiger partial charge on any atom is -0.493 e. The molecule has 4 aromatic rings. The van der Waals surface area contributed by atoms with Crippen molar-refractivity contribution in [2.45, 2.75) is 45.1 Å². The molecular formula is C24H28N6O5. The van der Waals surface area contributed by atoms with E-state index in [1.165, 1.54) is 0 Å². The molecule has 0 aliphatic carbocycles. The van der Waals surface area contributed by atoms with Crippen LogP contribution in [0.15, 0.2) is 45.8 Å². The largest absolute Gasteiger partial charge is 0.493 e. The van der Waals surface area contributed by atoms with E-state index in [2.05, 4.69) is 25.4 Å². The molecule has 4 heterocycles. The van der Waals surface area contributed by atoms with E-state index < -0.39 is 0 Å². The van der Waals surface area contributed by atoms with Crippen LogP contribution in [-0.4, -0.2) is 57.0 Å². The molecule has 1 aromatic carbocycles. The summed E-state index contributed by atoms with van der Waals surface area (Å²) < 4.78 is 23.9. The van der Waals surface area contributed by atoms with Crippen molar-refractivity contribution in [3.8, 4) is 11.5 Å². The third-order valence-corrected chi connectivity index (χ3v) is 6.15. The zero-order chi connectivity index (χ0) is 24.2. The van der Waals surface area contributed by atoms with Crippen LogP contribution in [0.1, 0.15) is 30.0 Å². The van der Waals surface area contributed by atoms with Gasteiger partial charge in [0.1, 0.15) is 5.76 Å². The van der Waals surface area contributed by atoms with E-state index in [1.54, 1.807) is 31.2 Å². The number of ether oxygens (including phenoxy) is 3. The number of aromatic nitrogens is 5. The van der Waals surface area contributed by atoms with Crippen molar-refractivity contribution in [1.29, 1.82) is 0 Å². The van der Waals surface area contributed by atoms with Gasteiger partial charge in [-0.15, -0.1) is 5.10 Å². The van der Waals surface area contributed by atoms with Gasteiger partial charge in [0.05, 0.1) is 51.7 Å². The second-order valence-corrected chi connectivity index (χ2v) is 8.55. The second kappa shape index (κ2) is 10.3. The first-order chi connectivity index (χ1) is 17.1. The summed E-state index contributed by atoms with van der Waals surface area (Å²) in [5, 5.41) is 13.1. The van der Waals surface area contributed by atoms with Crippen LogP contribution < -0.4 is 15.0 Å². The molecule has 0 saturated carbocycles. The summed E-state index contributed by atoms with van der Waals surface area (Å²) in [4.78, 5) is 18.0. The first-order valence-electron chi connectivity index (χ1n) is 11.5. The van der Waals surface area contributed by atoms with E-state index >= 15 is 0 Å². The summed E-state index contributed by atoms with van der Waals surface area (Å²) in [6, 6.07) is 9.24. The normalized spacial score (nSPS) is 15.8. The Morgan fingerprint density at radius 3 is 2.77 bits per heavy atom. The Bertz CT molecular complexity index is 1330. The summed E-state index contributed by atoms with van der Waals surface area (Å²) in [5.74, 6) is 2.64. The molecule has 1 atom stereocenters. The number of hydrogen-bond donors (Lipinski definition) is 1. The highest BCUT2D eigenvalue weighted by Gasteiger charge is 2.21. The number of methoxy groups -OCH3 is 2. The third-order valence-electron chi connectivity index (χ3n) is 6.15. The monoisotopic (exact) mass is 480 g/mol. The first kappa shape index (κ1) is 23.1. The van der Waals surface area contributed by atoms with Crippen molar-refractivity contribution in [1.82, 2.24) is 30.1 Å². The van der Waals surface area contributed by atoms with Crippen LogP contribution >= 0.6 is 0 Å². The smallest absolute Gasteiger partial charge is 0.252 e. The Morgan fingerprint density at radius 2 is 2.03 bits per heavy atom. The van der Waals surface area contributed by atoms with Crippen LogP contribution in [0.25, 0.3) is 10.9 Å². The summed E-state index contributed by atoms with van der Waals surface area (Å²) in [6.45, 7) is 2.67. The Kier molecular flexibility index (Phi) is 6.77. The van der Waals surface area contributed by atoms with Crippen molar-refractivity contribution < 1.29 is 18.6 Å². The van der Waals surface area contributed by atoms with Gasteiger partial charge in [0.15, 0.2) is 17.3 Å². The molecule has 11 heteroatoms. The number of aromatic amines is 1. The van der Waals surface area contributed by atoms with Gasteiger partial charge in [0, 0.05) is 30.2 Å². The lowest BCUT2D eigenvalue weighted by Crippen LogP contribution is -2.28. The first-order valence-corrected chi connectivity index (χ1v) is 11.5. The van der Waals surface area contributed by atoms with E-state index in [0.29, 0.717) is 54.6 Å². The lowest BCUT2D eigenvalue weighted by Gasteiger charge is -2.21. The van der Waals surface area contributed by atoms with Gasteiger partial charge >= 0.3 is 0 Å². The fourth-order valence-electron chi connectivity index (χ4n) is 4.39. The van der Waals surface area contributed by atoms with Crippen LogP contribution in [0.5, 0.6) is 11.5 Å². The molecule has 1 aliphatic rings. The molecule has 11 nitrogen and oxygen atoms in total. The molecule has 5 rings (SSSR count). The standard InChI is InChI=1S/C24H28N6O5/c1-32-21-10-16-9-17(24(31)25-20(16)11-22(21)33-2)12-29(13-18-5-3-7-34-18)15-23-26-27-28-30(23)14-19-6-4-8-35-19/h3,5,7,9-11,19H,4,6,8,12-15H2,1-2H3,(H,25,31)/t19-/m1/s1. The van der Waals surface area contributed by atoms with Gasteiger partial charge in [-0.3, -0.25) is 9.69 Å². The molecule has 1 aliphatic heterocycles. The average Bonchev–Trinajstić information content (AvgIpc) is 3.64. The summed E-state index contributed by atoms with van der Waals surface area (Å²) in [6.07, 6.45) is 3.80. The van der Waals surface area contributed by atoms with Crippen LogP contribution in [0, 0.1) is 0 Å². The predicted molar refractivity (Wildman–Crippen MR) is 126 cm³/mol. The Morgan fingerprint density at radius 1 is 1.17 bits per heavy atom. The van der Waals surface area contributed by atoms with Gasteiger partial charge in [-0.2, -0.15) is 0 Å². The maximum atomic E-state index is 13.0. The highest BCUT2D eigenvalue weighted by molar-refractivity contribution is 5.83. The Labute approximate surface area is 201 Å². The maximum Gasteiger partial charge on any atom is 0.252 e. The van der Waals surface area contributed by atoms with Crippen LogP contribution in [0.2, 0.25) is 0 Å². The number of rotatable bonds is 10. The molecule has 3 aromatic heterocycles. The summed E-state index contributed by atoms with van der Waals surface area (Å²) in [5.41, 5.74) is 1.11.